The van der Waals surface area contributed by atoms with Gasteiger partial charge < -0.3 is 15.7 Å². The number of nitrogens with one attached hydrogen (secondary N) is 1. The lowest BCUT2D eigenvalue weighted by Gasteiger charge is -2.01. The largest absolute Gasteiger partial charge is 0.478 e. The van der Waals surface area contributed by atoms with Gasteiger partial charge in [-0.05, 0) is 18.2 Å². The van der Waals surface area contributed by atoms with Crippen LogP contribution in [0.1, 0.15) is 10.4 Å². The lowest BCUT2D eigenvalue weighted by Crippen LogP contribution is -2.18. The highest BCUT2D eigenvalue weighted by atomic mass is 32.2. The average molecular weight is 466 g/mol. The monoisotopic (exact) mass is 465 g/mol. The summed E-state index contributed by atoms with van der Waals surface area (Å²) in [4.78, 5) is 36.2. The highest BCUT2D eigenvalue weighted by molar-refractivity contribution is 8.01. The molecule has 1 heterocycles. The molecule has 11 nitrogen and oxygen atoms in total. The second-order valence-corrected chi connectivity index (χ2v) is 8.18. The summed E-state index contributed by atoms with van der Waals surface area (Å²) in [5.74, 6) is -0.594. The average Bonchev–Trinajstić information content (AvgIpc) is 3.05. The first kappa shape index (κ1) is 23.8. The molecule has 15 heteroatoms. The molecule has 0 radical (unpaired) electrons. The molecule has 0 aliphatic heterocycles. The molecular weight excluding hydrogens is 450 g/mol. The Hall–Kier alpha value is -2.23. The summed E-state index contributed by atoms with van der Waals surface area (Å²) in [6.07, 6.45) is 0. The quantitative estimate of drug-likeness (QED) is 0.140. The van der Waals surface area contributed by atoms with Gasteiger partial charge >= 0.3 is 5.97 Å². The van der Waals surface area contributed by atoms with Gasteiger partial charge in [0.15, 0.2) is 4.34 Å². The van der Waals surface area contributed by atoms with E-state index < -0.39 is 11.1 Å². The molecule has 2 rings (SSSR count). The van der Waals surface area contributed by atoms with Crippen LogP contribution in [-0.2, 0) is 9.63 Å². The number of anilines is 1. The minimum atomic E-state index is -0.920. The number of amides is 1. The van der Waals surface area contributed by atoms with Crippen molar-refractivity contribution in [3.8, 4) is 0 Å². The van der Waals surface area contributed by atoms with Crippen molar-refractivity contribution in [3.05, 3.63) is 39.9 Å². The van der Waals surface area contributed by atoms with Gasteiger partial charge in [-0.15, -0.1) is 44.7 Å². The molecule has 0 aliphatic carbocycles. The Bertz CT molecular complexity index is 805. The normalized spacial score (nSPS) is 9.75. The van der Waals surface area contributed by atoms with Gasteiger partial charge in [0.25, 0.3) is 5.09 Å². The van der Waals surface area contributed by atoms with Crippen molar-refractivity contribution in [1.82, 2.24) is 14.9 Å². The summed E-state index contributed by atoms with van der Waals surface area (Å²) in [5.41, 5.74) is 5.64. The lowest BCUT2D eigenvalue weighted by atomic mass is 10.2. The van der Waals surface area contributed by atoms with Crippen molar-refractivity contribution in [2.75, 3.05) is 23.8 Å². The minimum Gasteiger partial charge on any atom is -0.478 e. The van der Waals surface area contributed by atoms with E-state index in [0.29, 0.717) is 20.1 Å². The summed E-state index contributed by atoms with van der Waals surface area (Å²) in [6, 6.07) is 6.43. The number of aromatic carboxylic acids is 1. The number of thioether (sulfide) groups is 1. The van der Waals surface area contributed by atoms with E-state index in [0.717, 1.165) is 11.9 Å². The predicted molar refractivity (Wildman–Crippen MR) is 109 cm³/mol. The molecule has 1 amide bonds. The van der Waals surface area contributed by atoms with Crippen molar-refractivity contribution in [1.29, 1.82) is 0 Å². The molecule has 0 aliphatic rings. The van der Waals surface area contributed by atoms with E-state index in [1.54, 1.807) is 12.1 Å². The van der Waals surface area contributed by atoms with E-state index in [1.165, 1.54) is 35.2 Å². The van der Waals surface area contributed by atoms with Crippen LogP contribution in [0, 0.1) is 10.1 Å². The van der Waals surface area contributed by atoms with Crippen LogP contribution in [0.25, 0.3) is 0 Å². The number of nitrogens with two attached hydrogens (primary N) is 1. The van der Waals surface area contributed by atoms with Crippen LogP contribution in [0.4, 0.5) is 5.13 Å². The van der Waals surface area contributed by atoms with Crippen LogP contribution in [-0.4, -0.2) is 50.4 Å². The maximum absolute atomic E-state index is 11.3. The first-order valence-electron chi connectivity index (χ1n) is 7.20. The molecule has 1 aromatic carbocycles. The second kappa shape index (κ2) is 13.0. The highest BCUT2D eigenvalue weighted by Crippen LogP contribution is 2.20. The van der Waals surface area contributed by atoms with Crippen molar-refractivity contribution >= 4 is 64.7 Å². The number of carboxylic acid groups (broad SMARTS) is 1. The van der Waals surface area contributed by atoms with Gasteiger partial charge in [-0.2, -0.15) is 0 Å². The number of carbonyl (C=O) groups is 2. The number of benzene rings is 1. The van der Waals surface area contributed by atoms with Gasteiger partial charge in [0.1, 0.15) is 6.61 Å². The number of thiol groups is 1. The minimum absolute atomic E-state index is 0.0367. The smallest absolute Gasteiger partial charge is 0.335 e. The zero-order valence-corrected chi connectivity index (χ0v) is 17.4. The summed E-state index contributed by atoms with van der Waals surface area (Å²) in [6.45, 7) is -0.0367. The molecule has 28 heavy (non-hydrogen) atoms. The molecule has 0 saturated heterocycles. The van der Waals surface area contributed by atoms with Gasteiger partial charge in [0, 0.05) is 22.6 Å². The summed E-state index contributed by atoms with van der Waals surface area (Å²) >= 11 is 7.41. The van der Waals surface area contributed by atoms with E-state index in [2.05, 4.69) is 32.4 Å². The van der Waals surface area contributed by atoms with Crippen LogP contribution in [0.15, 0.2) is 33.5 Å². The first-order valence-corrected chi connectivity index (χ1v) is 10.4. The number of carbonyl (C=O) groups excluding carboxylic acids is 1. The number of hydrogen-bond donors (Lipinski definition) is 4. The molecule has 1 aromatic heterocycles. The molecule has 4 N–H and O–H groups in total. The summed E-state index contributed by atoms with van der Waals surface area (Å²) in [7, 11) is 0. The number of aromatic nitrogens is 2. The molecular formula is C13H15N5O6S4. The fourth-order valence-corrected chi connectivity index (χ4v) is 3.52. The highest BCUT2D eigenvalue weighted by Gasteiger charge is 2.06. The second-order valence-electron chi connectivity index (χ2n) is 4.50. The third-order valence-electron chi connectivity index (χ3n) is 2.42. The van der Waals surface area contributed by atoms with Gasteiger partial charge in [0.05, 0.1) is 11.3 Å². The fraction of sp³-hybridized carbons (Fsp3) is 0.231. The van der Waals surface area contributed by atoms with Crippen LogP contribution >= 0.6 is 47.7 Å². The van der Waals surface area contributed by atoms with Crippen molar-refractivity contribution in [2.24, 2.45) is 0 Å². The van der Waals surface area contributed by atoms with Crippen molar-refractivity contribution < 1.29 is 24.6 Å². The number of nitrogens with zero attached hydrogens (tertiary/aromatic N) is 3. The van der Waals surface area contributed by atoms with E-state index in [4.69, 9.17) is 10.8 Å². The predicted octanol–water partition coefficient (Wildman–Crippen LogP) is 1.86. The van der Waals surface area contributed by atoms with E-state index in [1.807, 2.05) is 0 Å². The van der Waals surface area contributed by atoms with Gasteiger partial charge in [0.2, 0.25) is 11.0 Å². The number of carboxylic acids is 1. The third-order valence-corrected chi connectivity index (χ3v) is 5.26. The van der Waals surface area contributed by atoms with Crippen LogP contribution in [0.2, 0.25) is 0 Å². The standard InChI is InChI=1S/C7H6O2S.C6H9N5O4S3/c8-7(9)5-2-1-3-6(10)4-5;7-5-8-9-6(17-5)18-10-4(12)3-16-2-1-15-11(13)14/h1-4,10H,(H,8,9);1-3H2,(H2,7,8)(H,10,12). The molecule has 0 fully saturated rings. The Labute approximate surface area is 177 Å². The molecule has 0 bridgehead atoms. The Morgan fingerprint density at radius 3 is 2.71 bits per heavy atom. The first-order chi connectivity index (χ1) is 13.3. The number of rotatable bonds is 9. The van der Waals surface area contributed by atoms with Crippen LogP contribution < -0.4 is 10.5 Å². The molecule has 0 atom stereocenters. The molecule has 0 saturated carbocycles. The fourth-order valence-electron chi connectivity index (χ4n) is 1.37. The van der Waals surface area contributed by atoms with Gasteiger partial charge in [-0.25, -0.2) is 4.79 Å². The Morgan fingerprint density at radius 1 is 1.43 bits per heavy atom. The number of hydrogen-bond acceptors (Lipinski definition) is 12. The van der Waals surface area contributed by atoms with E-state index in [9.17, 15) is 19.7 Å². The SMILES string of the molecule is Nc1nnc(SNC(=O)CSCCO[N+](=O)[O-])s1.O=C(O)c1cccc(S)c1. The van der Waals surface area contributed by atoms with Crippen LogP contribution in [0.5, 0.6) is 0 Å². The molecule has 152 valence electrons. The summed E-state index contributed by atoms with van der Waals surface area (Å²) in [5, 5.41) is 25.1. The van der Waals surface area contributed by atoms with Crippen LogP contribution in [0.3, 0.4) is 0 Å². The lowest BCUT2D eigenvalue weighted by molar-refractivity contribution is -0.756. The van der Waals surface area contributed by atoms with E-state index in [-0.39, 0.29) is 23.8 Å². The third kappa shape index (κ3) is 10.8. The topological polar surface area (TPSA) is 171 Å². The zero-order chi connectivity index (χ0) is 20.9. The maximum Gasteiger partial charge on any atom is 0.335 e. The van der Waals surface area contributed by atoms with Crippen molar-refractivity contribution in [2.45, 2.75) is 9.24 Å². The maximum atomic E-state index is 11.3. The Kier molecular flexibility index (Phi) is 11.1. The van der Waals surface area contributed by atoms with Gasteiger partial charge in [-0.1, -0.05) is 17.4 Å². The molecule has 0 spiro atoms. The molecule has 2 aromatic rings. The molecule has 0 unspecified atom stereocenters. The number of nitrogen functional groups attached to an aromatic ring is 1. The van der Waals surface area contributed by atoms with E-state index >= 15 is 0 Å². The summed E-state index contributed by atoms with van der Waals surface area (Å²) < 4.78 is 3.09. The van der Waals surface area contributed by atoms with Crippen molar-refractivity contribution in [3.63, 3.8) is 0 Å². The Morgan fingerprint density at radius 2 is 2.18 bits per heavy atom. The van der Waals surface area contributed by atoms with Gasteiger partial charge in [-0.3, -0.25) is 9.52 Å². The Balaban J connectivity index is 0.000000330. The zero-order valence-electron chi connectivity index (χ0n) is 14.0.